The number of carbonyl (C=O) groups is 2. The van der Waals surface area contributed by atoms with E-state index in [0.29, 0.717) is 24.9 Å². The molecule has 5 nitrogen and oxygen atoms in total. The molecule has 0 atom stereocenters. The maximum Gasteiger partial charge on any atom is 0.417 e. The maximum atomic E-state index is 13.3. The van der Waals surface area contributed by atoms with E-state index < -0.39 is 40.3 Å². The molecule has 0 saturated heterocycles. The maximum absolute atomic E-state index is 13.3. The molecule has 0 aliphatic rings. The first-order valence-electron chi connectivity index (χ1n) is 12.0. The van der Waals surface area contributed by atoms with Gasteiger partial charge in [0.2, 0.25) is 0 Å². The molecule has 12 heteroatoms. The van der Waals surface area contributed by atoms with Crippen molar-refractivity contribution in [1.29, 1.82) is 0 Å². The summed E-state index contributed by atoms with van der Waals surface area (Å²) >= 11 is 5.64. The normalized spacial score (nSPS) is 12.0. The van der Waals surface area contributed by atoms with E-state index in [-0.39, 0.29) is 28.1 Å². The van der Waals surface area contributed by atoms with Crippen LogP contribution < -0.4 is 10.6 Å². The van der Waals surface area contributed by atoms with Crippen LogP contribution in [0, 0.1) is 6.92 Å². The molecular weight excluding hydrogens is 560 g/mol. The van der Waals surface area contributed by atoms with Gasteiger partial charge in [0.25, 0.3) is 11.8 Å². The largest absolute Gasteiger partial charge is 0.417 e. The number of carbonyl (C=O) groups excluding carboxylic acids is 2. The van der Waals surface area contributed by atoms with Crippen LogP contribution in [-0.2, 0) is 18.8 Å². The lowest BCUT2D eigenvalue weighted by Gasteiger charge is -2.16. The zero-order valence-corrected chi connectivity index (χ0v) is 22.5. The van der Waals surface area contributed by atoms with Crippen molar-refractivity contribution in [3.05, 3.63) is 93.0 Å². The molecule has 2 N–H and O–H groups in total. The molecule has 0 radical (unpaired) electrons. The fourth-order valence-electron chi connectivity index (χ4n) is 3.98. The Balaban J connectivity index is 1.89. The van der Waals surface area contributed by atoms with Gasteiger partial charge in [-0.05, 0) is 100 Å². The van der Waals surface area contributed by atoms with Crippen molar-refractivity contribution in [3.8, 4) is 0 Å². The molecule has 3 rings (SSSR count). The number of anilines is 2. The van der Waals surface area contributed by atoms with E-state index in [4.69, 9.17) is 11.6 Å². The second kappa shape index (κ2) is 12.3. The van der Waals surface area contributed by atoms with Crippen molar-refractivity contribution in [2.75, 3.05) is 31.3 Å². The highest BCUT2D eigenvalue weighted by Crippen LogP contribution is 2.36. The predicted octanol–water partition coefficient (Wildman–Crippen LogP) is 7.68. The summed E-state index contributed by atoms with van der Waals surface area (Å²) in [6.45, 7) is 1.96. The average Bonchev–Trinajstić information content (AvgIpc) is 2.84. The number of alkyl halides is 6. The first-order valence-corrected chi connectivity index (χ1v) is 12.4. The minimum atomic E-state index is -4.72. The smallest absolute Gasteiger partial charge is 0.322 e. The molecule has 0 aliphatic carbocycles. The van der Waals surface area contributed by atoms with E-state index in [1.165, 1.54) is 43.3 Å². The molecule has 0 aromatic heterocycles. The van der Waals surface area contributed by atoms with Crippen molar-refractivity contribution < 1.29 is 35.9 Å². The van der Waals surface area contributed by atoms with Crippen molar-refractivity contribution in [2.45, 2.75) is 32.1 Å². The second-order valence-corrected chi connectivity index (χ2v) is 9.81. The minimum Gasteiger partial charge on any atom is -0.322 e. The van der Waals surface area contributed by atoms with Crippen LogP contribution in [0.15, 0.2) is 54.6 Å². The Hall–Kier alpha value is -3.57. The third-order valence-corrected chi connectivity index (χ3v) is 6.32. The third kappa shape index (κ3) is 7.98. The van der Waals surface area contributed by atoms with Crippen LogP contribution in [0.5, 0.6) is 0 Å². The molecule has 0 unspecified atom stereocenters. The molecule has 0 fully saturated rings. The van der Waals surface area contributed by atoms with Crippen molar-refractivity contribution in [1.82, 2.24) is 4.90 Å². The monoisotopic (exact) mass is 585 g/mol. The van der Waals surface area contributed by atoms with Gasteiger partial charge in [0.1, 0.15) is 0 Å². The van der Waals surface area contributed by atoms with Gasteiger partial charge in [-0.2, -0.15) is 26.3 Å². The Bertz CT molecular complexity index is 1400. The summed E-state index contributed by atoms with van der Waals surface area (Å²) in [5.74, 6) is -1.39. The van der Waals surface area contributed by atoms with E-state index >= 15 is 0 Å². The van der Waals surface area contributed by atoms with Crippen LogP contribution in [-0.4, -0.2) is 37.4 Å². The summed E-state index contributed by atoms with van der Waals surface area (Å²) < 4.78 is 79.6. The van der Waals surface area contributed by atoms with Gasteiger partial charge in [-0.15, -0.1) is 0 Å². The van der Waals surface area contributed by atoms with Gasteiger partial charge < -0.3 is 15.5 Å². The minimum absolute atomic E-state index is 0.00767. The Morgan fingerprint density at radius 3 is 1.98 bits per heavy atom. The second-order valence-electron chi connectivity index (χ2n) is 9.41. The lowest BCUT2D eigenvalue weighted by Crippen LogP contribution is -2.19. The van der Waals surface area contributed by atoms with Crippen molar-refractivity contribution in [2.24, 2.45) is 0 Å². The number of hydrogen-bond acceptors (Lipinski definition) is 3. The van der Waals surface area contributed by atoms with Gasteiger partial charge in [0.15, 0.2) is 0 Å². The number of amides is 2. The summed E-state index contributed by atoms with van der Waals surface area (Å²) in [4.78, 5) is 27.9. The number of benzene rings is 3. The van der Waals surface area contributed by atoms with Crippen LogP contribution in [0.2, 0.25) is 5.02 Å². The molecule has 0 saturated carbocycles. The highest BCUT2D eigenvalue weighted by molar-refractivity contribution is 6.31. The number of hydrogen-bond donors (Lipinski definition) is 2. The lowest BCUT2D eigenvalue weighted by molar-refractivity contribution is -0.138. The highest BCUT2D eigenvalue weighted by atomic mass is 35.5. The first-order chi connectivity index (χ1) is 18.6. The molecule has 0 aliphatic heterocycles. The zero-order valence-electron chi connectivity index (χ0n) is 21.7. The number of nitrogens with one attached hydrogen (secondary N) is 2. The predicted molar refractivity (Wildman–Crippen MR) is 142 cm³/mol. The van der Waals surface area contributed by atoms with Crippen LogP contribution in [0.25, 0.3) is 0 Å². The average molecular weight is 586 g/mol. The zero-order chi connectivity index (χ0) is 29.8. The number of rotatable bonds is 8. The van der Waals surface area contributed by atoms with E-state index in [1.807, 2.05) is 19.0 Å². The topological polar surface area (TPSA) is 61.4 Å². The number of aryl methyl sites for hydroxylation is 2. The Labute approximate surface area is 232 Å². The van der Waals surface area contributed by atoms with E-state index in [0.717, 1.165) is 18.2 Å². The molecule has 0 heterocycles. The molecular formula is C28H26ClF6N3O2. The number of nitrogens with zero attached hydrogens (tertiary/aromatic N) is 1. The van der Waals surface area contributed by atoms with Crippen molar-refractivity contribution >= 4 is 34.8 Å². The molecule has 40 heavy (non-hydrogen) atoms. The van der Waals surface area contributed by atoms with E-state index in [1.54, 1.807) is 0 Å². The van der Waals surface area contributed by atoms with Crippen LogP contribution in [0.3, 0.4) is 0 Å². The van der Waals surface area contributed by atoms with Gasteiger partial charge in [0, 0.05) is 22.5 Å². The van der Waals surface area contributed by atoms with Crippen LogP contribution in [0.4, 0.5) is 37.7 Å². The van der Waals surface area contributed by atoms with Crippen LogP contribution in [0.1, 0.15) is 49.4 Å². The number of halogens is 7. The Kier molecular flexibility index (Phi) is 9.52. The SMILES string of the molecule is Cc1ccc(NC(=O)c2ccc(C(=O)Nc3ccc(Cl)c(C(F)(F)F)c3)cc2CCCN(C)C)cc1C(F)(F)F. The lowest BCUT2D eigenvalue weighted by atomic mass is 9.98. The summed E-state index contributed by atoms with van der Waals surface area (Å²) in [5, 5.41) is 4.37. The van der Waals surface area contributed by atoms with Gasteiger partial charge in [-0.1, -0.05) is 17.7 Å². The fourth-order valence-corrected chi connectivity index (χ4v) is 4.20. The van der Waals surface area contributed by atoms with Crippen molar-refractivity contribution in [3.63, 3.8) is 0 Å². The van der Waals surface area contributed by atoms with Gasteiger partial charge in [-0.3, -0.25) is 9.59 Å². The van der Waals surface area contributed by atoms with Gasteiger partial charge in [0.05, 0.1) is 16.1 Å². The Morgan fingerprint density at radius 1 is 0.800 bits per heavy atom. The van der Waals surface area contributed by atoms with Crippen LogP contribution >= 0.6 is 11.6 Å². The fraction of sp³-hybridized carbons (Fsp3) is 0.286. The first kappa shape index (κ1) is 31.0. The molecule has 0 bridgehead atoms. The standard InChI is InChI=1S/C28H26ClF6N3O2/c1-16-6-8-19(14-22(16)27(30,31)32)37-26(40)21-10-7-18(13-17(21)5-4-12-38(2)3)25(39)36-20-9-11-24(29)23(15-20)28(33,34)35/h6-11,13-15H,4-5,12H2,1-3H3,(H,36,39)(H,37,40). The molecule has 2 amide bonds. The van der Waals surface area contributed by atoms with Gasteiger partial charge >= 0.3 is 12.4 Å². The van der Waals surface area contributed by atoms with Gasteiger partial charge in [-0.25, -0.2) is 0 Å². The van der Waals surface area contributed by atoms with E-state index in [9.17, 15) is 35.9 Å². The summed E-state index contributed by atoms with van der Waals surface area (Å²) in [7, 11) is 3.71. The molecule has 3 aromatic carbocycles. The summed E-state index contributed by atoms with van der Waals surface area (Å²) in [6, 6.07) is 10.5. The quantitative estimate of drug-likeness (QED) is 0.267. The summed E-state index contributed by atoms with van der Waals surface area (Å²) in [6.07, 6.45) is -8.37. The molecule has 0 spiro atoms. The third-order valence-electron chi connectivity index (χ3n) is 5.99. The Morgan fingerprint density at radius 2 is 1.38 bits per heavy atom. The molecule has 214 valence electrons. The summed E-state index contributed by atoms with van der Waals surface area (Å²) in [5.41, 5.74) is -1.47. The van der Waals surface area contributed by atoms with E-state index in [2.05, 4.69) is 10.6 Å². The molecule has 3 aromatic rings. The highest BCUT2D eigenvalue weighted by Gasteiger charge is 2.34.